The third kappa shape index (κ3) is 1.65. The van der Waals surface area contributed by atoms with Crippen LogP contribution in [0.4, 0.5) is 0 Å². The number of rotatable bonds is 1. The minimum Gasteiger partial charge on any atom is -0.332 e. The van der Waals surface area contributed by atoms with Crippen LogP contribution in [0.1, 0.15) is 47.4 Å². The summed E-state index contributed by atoms with van der Waals surface area (Å²) in [6.45, 7) is 3.79. The molecule has 18 heavy (non-hydrogen) atoms. The molecule has 0 spiro atoms. The molecule has 2 aliphatic heterocycles. The van der Waals surface area contributed by atoms with Gasteiger partial charge in [-0.2, -0.15) is 5.10 Å². The number of hydrogen-bond acceptors (Lipinski definition) is 3. The molecule has 0 saturated carbocycles. The maximum atomic E-state index is 12.7. The van der Waals surface area contributed by atoms with Crippen LogP contribution >= 0.6 is 0 Å². The Labute approximate surface area is 107 Å². The highest BCUT2D eigenvalue weighted by atomic mass is 16.2. The molecule has 3 heterocycles. The van der Waals surface area contributed by atoms with Crippen molar-refractivity contribution in [3.05, 3.63) is 17.0 Å². The average molecular weight is 248 g/mol. The van der Waals surface area contributed by atoms with E-state index in [0.29, 0.717) is 12.1 Å². The first-order valence-corrected chi connectivity index (χ1v) is 6.67. The molecule has 2 saturated heterocycles. The number of nitrogens with two attached hydrogens (primary N) is 1. The van der Waals surface area contributed by atoms with Crippen LogP contribution in [0.3, 0.4) is 0 Å². The van der Waals surface area contributed by atoms with Crippen LogP contribution in [0, 0.1) is 13.8 Å². The van der Waals surface area contributed by atoms with Gasteiger partial charge in [0.1, 0.15) is 0 Å². The first-order valence-electron chi connectivity index (χ1n) is 6.67. The SMILES string of the molecule is Cc1n[nH]c(C)c1C(=O)N1C2CCC1CC(N)C2. The number of carbonyl (C=O) groups is 1. The van der Waals surface area contributed by atoms with Crippen molar-refractivity contribution >= 4 is 5.91 Å². The lowest BCUT2D eigenvalue weighted by atomic mass is 9.97. The van der Waals surface area contributed by atoms with E-state index >= 15 is 0 Å². The van der Waals surface area contributed by atoms with Gasteiger partial charge in [0.05, 0.1) is 11.3 Å². The monoisotopic (exact) mass is 248 g/mol. The highest BCUT2D eigenvalue weighted by molar-refractivity contribution is 5.97. The zero-order chi connectivity index (χ0) is 12.9. The quantitative estimate of drug-likeness (QED) is 0.782. The van der Waals surface area contributed by atoms with Crippen LogP contribution in [-0.4, -0.2) is 39.1 Å². The van der Waals surface area contributed by atoms with Gasteiger partial charge >= 0.3 is 0 Å². The number of piperidine rings is 1. The Morgan fingerprint density at radius 3 is 2.44 bits per heavy atom. The minimum absolute atomic E-state index is 0.137. The van der Waals surface area contributed by atoms with Gasteiger partial charge in [-0.15, -0.1) is 0 Å². The smallest absolute Gasteiger partial charge is 0.258 e. The van der Waals surface area contributed by atoms with Crippen molar-refractivity contribution in [2.75, 3.05) is 0 Å². The second-order valence-corrected chi connectivity index (χ2v) is 5.64. The molecule has 2 aliphatic rings. The first kappa shape index (κ1) is 11.7. The Morgan fingerprint density at radius 1 is 1.33 bits per heavy atom. The second-order valence-electron chi connectivity index (χ2n) is 5.64. The van der Waals surface area contributed by atoms with Crippen LogP contribution in [0.5, 0.6) is 0 Å². The molecule has 2 unspecified atom stereocenters. The molecule has 3 rings (SSSR count). The number of nitrogens with one attached hydrogen (secondary N) is 1. The van der Waals surface area contributed by atoms with E-state index in [1.807, 2.05) is 13.8 Å². The zero-order valence-electron chi connectivity index (χ0n) is 10.9. The summed E-state index contributed by atoms with van der Waals surface area (Å²) in [7, 11) is 0. The zero-order valence-corrected chi connectivity index (χ0v) is 10.9. The molecule has 0 aliphatic carbocycles. The molecule has 5 heteroatoms. The molecular weight excluding hydrogens is 228 g/mol. The molecule has 98 valence electrons. The van der Waals surface area contributed by atoms with Gasteiger partial charge in [0.15, 0.2) is 0 Å². The molecule has 2 atom stereocenters. The summed E-state index contributed by atoms with van der Waals surface area (Å²) in [5.41, 5.74) is 8.46. The van der Waals surface area contributed by atoms with Crippen molar-refractivity contribution < 1.29 is 4.79 Å². The lowest BCUT2D eigenvalue weighted by molar-refractivity contribution is 0.0573. The van der Waals surface area contributed by atoms with Crippen LogP contribution in [-0.2, 0) is 0 Å². The van der Waals surface area contributed by atoms with E-state index in [4.69, 9.17) is 5.73 Å². The van der Waals surface area contributed by atoms with Gasteiger partial charge < -0.3 is 10.6 Å². The molecule has 2 fully saturated rings. The van der Waals surface area contributed by atoms with E-state index in [-0.39, 0.29) is 11.9 Å². The van der Waals surface area contributed by atoms with E-state index in [2.05, 4.69) is 15.1 Å². The fourth-order valence-electron chi connectivity index (χ4n) is 3.55. The van der Waals surface area contributed by atoms with Crippen molar-refractivity contribution in [3.63, 3.8) is 0 Å². The van der Waals surface area contributed by atoms with Gasteiger partial charge in [-0.3, -0.25) is 9.89 Å². The molecule has 3 N–H and O–H groups in total. The normalized spacial score (nSPS) is 30.8. The largest absolute Gasteiger partial charge is 0.332 e. The molecule has 2 bridgehead atoms. The topological polar surface area (TPSA) is 75.0 Å². The van der Waals surface area contributed by atoms with E-state index in [1.165, 1.54) is 0 Å². The van der Waals surface area contributed by atoms with E-state index in [9.17, 15) is 4.79 Å². The number of H-pyrrole nitrogens is 1. The molecule has 0 radical (unpaired) electrons. The molecule has 1 amide bonds. The van der Waals surface area contributed by atoms with Crippen LogP contribution in [0.15, 0.2) is 0 Å². The maximum absolute atomic E-state index is 12.7. The van der Waals surface area contributed by atoms with E-state index in [0.717, 1.165) is 42.6 Å². The molecule has 5 nitrogen and oxygen atoms in total. The molecule has 0 aromatic carbocycles. The summed E-state index contributed by atoms with van der Waals surface area (Å²) in [6, 6.07) is 0.929. The average Bonchev–Trinajstić information content (AvgIpc) is 2.77. The van der Waals surface area contributed by atoms with Crippen molar-refractivity contribution in [2.45, 2.75) is 57.7 Å². The summed E-state index contributed by atoms with van der Waals surface area (Å²) in [6.07, 6.45) is 4.08. The fourth-order valence-corrected chi connectivity index (χ4v) is 3.55. The van der Waals surface area contributed by atoms with Gasteiger partial charge in [0.25, 0.3) is 5.91 Å². The summed E-state index contributed by atoms with van der Waals surface area (Å²) in [5, 5.41) is 7.01. The highest BCUT2D eigenvalue weighted by Crippen LogP contribution is 2.36. The summed E-state index contributed by atoms with van der Waals surface area (Å²) >= 11 is 0. The fraction of sp³-hybridized carbons (Fsp3) is 0.692. The molecule has 1 aromatic rings. The third-order valence-corrected chi connectivity index (χ3v) is 4.35. The highest BCUT2D eigenvalue weighted by Gasteiger charge is 2.43. The second kappa shape index (κ2) is 4.09. The van der Waals surface area contributed by atoms with Crippen molar-refractivity contribution in [3.8, 4) is 0 Å². The summed E-state index contributed by atoms with van der Waals surface area (Å²) in [5.74, 6) is 0.137. The van der Waals surface area contributed by atoms with Gasteiger partial charge in [0, 0.05) is 23.8 Å². The Balaban J connectivity index is 1.90. The standard InChI is InChI=1S/C13H20N4O/c1-7-12(8(2)16-15-7)13(18)17-10-3-4-11(17)6-9(14)5-10/h9-11H,3-6,14H2,1-2H3,(H,15,16). The predicted molar refractivity (Wildman–Crippen MR) is 68.3 cm³/mol. The van der Waals surface area contributed by atoms with E-state index in [1.54, 1.807) is 0 Å². The van der Waals surface area contributed by atoms with Gasteiger partial charge in [0.2, 0.25) is 0 Å². The first-order chi connectivity index (χ1) is 8.58. The Kier molecular flexibility index (Phi) is 2.66. The lowest BCUT2D eigenvalue weighted by Crippen LogP contribution is -2.50. The van der Waals surface area contributed by atoms with Gasteiger partial charge in [-0.05, 0) is 39.5 Å². The maximum Gasteiger partial charge on any atom is 0.258 e. The number of aromatic nitrogens is 2. The van der Waals surface area contributed by atoms with Crippen LogP contribution in [0.2, 0.25) is 0 Å². The van der Waals surface area contributed by atoms with Crippen molar-refractivity contribution in [2.24, 2.45) is 5.73 Å². The van der Waals surface area contributed by atoms with Gasteiger partial charge in [-0.1, -0.05) is 0 Å². The summed E-state index contributed by atoms with van der Waals surface area (Å²) < 4.78 is 0. The van der Waals surface area contributed by atoms with Gasteiger partial charge in [-0.25, -0.2) is 0 Å². The number of nitrogens with zero attached hydrogens (tertiary/aromatic N) is 2. The Bertz CT molecular complexity index is 448. The summed E-state index contributed by atoms with van der Waals surface area (Å²) in [4.78, 5) is 14.8. The number of fused-ring (bicyclic) bond motifs is 2. The van der Waals surface area contributed by atoms with Crippen molar-refractivity contribution in [1.82, 2.24) is 15.1 Å². The Hall–Kier alpha value is -1.36. The van der Waals surface area contributed by atoms with Crippen molar-refractivity contribution in [1.29, 1.82) is 0 Å². The Morgan fingerprint density at radius 2 is 1.94 bits per heavy atom. The number of hydrogen-bond donors (Lipinski definition) is 2. The number of aromatic amines is 1. The van der Waals surface area contributed by atoms with Crippen LogP contribution in [0.25, 0.3) is 0 Å². The predicted octanol–water partition coefficient (Wildman–Crippen LogP) is 1.12. The lowest BCUT2D eigenvalue weighted by Gasteiger charge is -2.37. The third-order valence-electron chi connectivity index (χ3n) is 4.35. The number of carbonyl (C=O) groups excluding carboxylic acids is 1. The van der Waals surface area contributed by atoms with Crippen LogP contribution < -0.4 is 5.73 Å². The molecule has 1 aromatic heterocycles. The molecular formula is C13H20N4O. The van der Waals surface area contributed by atoms with E-state index < -0.39 is 0 Å². The number of amides is 1. The number of aryl methyl sites for hydroxylation is 2. The minimum atomic E-state index is 0.137.